The van der Waals surface area contributed by atoms with Gasteiger partial charge in [0.1, 0.15) is 22.9 Å². The molecule has 146 valence electrons. The van der Waals surface area contributed by atoms with Crippen LogP contribution in [0.5, 0.6) is 5.75 Å². The normalized spacial score (nSPS) is 16.0. The molecular formula is C22H22N6O. The first-order valence-electron chi connectivity index (χ1n) is 10.2. The molecule has 1 saturated carbocycles. The van der Waals surface area contributed by atoms with E-state index in [0.29, 0.717) is 12.4 Å². The topological polar surface area (TPSA) is 90.9 Å². The average Bonchev–Trinajstić information content (AvgIpc) is 3.51. The number of hydrogen-bond donors (Lipinski definition) is 2. The van der Waals surface area contributed by atoms with Gasteiger partial charge in [0.05, 0.1) is 29.4 Å². The molecule has 3 N–H and O–H groups in total. The highest BCUT2D eigenvalue weighted by Gasteiger charge is 2.23. The molecule has 1 aliphatic heterocycles. The summed E-state index contributed by atoms with van der Waals surface area (Å²) in [6.45, 7) is 2.61. The summed E-state index contributed by atoms with van der Waals surface area (Å²) < 4.78 is 8.35. The van der Waals surface area contributed by atoms with Gasteiger partial charge in [0.25, 0.3) is 0 Å². The first-order chi connectivity index (χ1) is 14.2. The third-order valence-corrected chi connectivity index (χ3v) is 5.70. The molecule has 0 bridgehead atoms. The van der Waals surface area contributed by atoms with E-state index >= 15 is 0 Å². The van der Waals surface area contributed by atoms with Gasteiger partial charge in [0.15, 0.2) is 0 Å². The highest BCUT2D eigenvalue weighted by atomic mass is 16.5. The summed E-state index contributed by atoms with van der Waals surface area (Å²) in [6.07, 6.45) is 5.19. The van der Waals surface area contributed by atoms with E-state index < -0.39 is 0 Å². The second kappa shape index (κ2) is 6.34. The standard InChI is InChI=1S/C22H22N6O/c23-20-12-25-17-8-14(4-5-16(17)26-20)22-27-18-9-15(24-11-13-2-3-13)10-19-21(18)28(22)6-1-7-29-19/h4-5,8-10,12-13,24H,1-3,6-7,11H2,(H2,23,26). The first-order valence-corrected chi connectivity index (χ1v) is 10.2. The maximum absolute atomic E-state index is 6.08. The van der Waals surface area contributed by atoms with Crippen LogP contribution in [0.1, 0.15) is 19.3 Å². The number of anilines is 2. The van der Waals surface area contributed by atoms with Crippen molar-refractivity contribution in [3.8, 4) is 17.1 Å². The van der Waals surface area contributed by atoms with Crippen LogP contribution in [0.2, 0.25) is 0 Å². The lowest BCUT2D eigenvalue weighted by Gasteiger charge is -2.10. The number of aryl methyl sites for hydroxylation is 1. The monoisotopic (exact) mass is 386 g/mol. The molecule has 1 aliphatic carbocycles. The molecule has 29 heavy (non-hydrogen) atoms. The predicted molar refractivity (Wildman–Crippen MR) is 114 cm³/mol. The number of ether oxygens (including phenoxy) is 1. The Bertz CT molecular complexity index is 1240. The molecule has 7 heteroatoms. The summed E-state index contributed by atoms with van der Waals surface area (Å²) in [5, 5.41) is 3.56. The van der Waals surface area contributed by atoms with E-state index in [1.54, 1.807) is 6.20 Å². The highest BCUT2D eigenvalue weighted by Crippen LogP contribution is 2.37. The van der Waals surface area contributed by atoms with Gasteiger partial charge in [-0.1, -0.05) is 0 Å². The van der Waals surface area contributed by atoms with Crippen molar-refractivity contribution in [2.45, 2.75) is 25.8 Å². The Morgan fingerprint density at radius 3 is 2.93 bits per heavy atom. The molecule has 2 aromatic heterocycles. The van der Waals surface area contributed by atoms with Crippen molar-refractivity contribution in [1.29, 1.82) is 0 Å². The molecule has 7 nitrogen and oxygen atoms in total. The molecule has 0 spiro atoms. The van der Waals surface area contributed by atoms with Crippen molar-refractivity contribution in [2.75, 3.05) is 24.2 Å². The van der Waals surface area contributed by atoms with Crippen LogP contribution in [-0.2, 0) is 6.54 Å². The fourth-order valence-electron chi connectivity index (χ4n) is 4.03. The number of nitrogens with two attached hydrogens (primary N) is 1. The summed E-state index contributed by atoms with van der Waals surface area (Å²) >= 11 is 0. The second-order valence-electron chi connectivity index (χ2n) is 7.95. The summed E-state index contributed by atoms with van der Waals surface area (Å²) in [5.41, 5.74) is 11.5. The average molecular weight is 386 g/mol. The zero-order valence-corrected chi connectivity index (χ0v) is 16.1. The lowest BCUT2D eigenvalue weighted by Crippen LogP contribution is -2.03. The third-order valence-electron chi connectivity index (χ3n) is 5.70. The van der Waals surface area contributed by atoms with Gasteiger partial charge >= 0.3 is 0 Å². The first kappa shape index (κ1) is 16.6. The second-order valence-corrected chi connectivity index (χ2v) is 7.95. The SMILES string of the molecule is Nc1cnc2cc(-c3nc4cc(NCC5CC5)cc5c4n3CCCO5)ccc2n1. The van der Waals surface area contributed by atoms with Crippen molar-refractivity contribution in [3.63, 3.8) is 0 Å². The van der Waals surface area contributed by atoms with Crippen molar-refractivity contribution >= 4 is 33.6 Å². The molecule has 0 saturated heterocycles. The minimum absolute atomic E-state index is 0.427. The van der Waals surface area contributed by atoms with Gasteiger partial charge in [-0.15, -0.1) is 0 Å². The van der Waals surface area contributed by atoms with Crippen molar-refractivity contribution in [3.05, 3.63) is 36.5 Å². The largest absolute Gasteiger partial charge is 0.491 e. The zero-order chi connectivity index (χ0) is 19.4. The predicted octanol–water partition coefficient (Wildman–Crippen LogP) is 3.83. The number of imidazole rings is 1. The smallest absolute Gasteiger partial charge is 0.147 e. The minimum atomic E-state index is 0.427. The summed E-state index contributed by atoms with van der Waals surface area (Å²) in [5.74, 6) is 3.08. The van der Waals surface area contributed by atoms with E-state index in [2.05, 4.69) is 32.0 Å². The Hall–Kier alpha value is -3.35. The molecule has 0 unspecified atom stereocenters. The minimum Gasteiger partial charge on any atom is -0.491 e. The Kier molecular flexibility index (Phi) is 3.62. The third kappa shape index (κ3) is 2.93. The van der Waals surface area contributed by atoms with Crippen LogP contribution in [0.15, 0.2) is 36.5 Å². The van der Waals surface area contributed by atoms with Crippen LogP contribution in [0.4, 0.5) is 11.5 Å². The van der Waals surface area contributed by atoms with Crippen LogP contribution in [0.3, 0.4) is 0 Å². The fraction of sp³-hybridized carbons (Fsp3) is 0.318. The van der Waals surface area contributed by atoms with Gasteiger partial charge in [0.2, 0.25) is 0 Å². The fourth-order valence-corrected chi connectivity index (χ4v) is 4.03. The van der Waals surface area contributed by atoms with Crippen LogP contribution in [0.25, 0.3) is 33.5 Å². The van der Waals surface area contributed by atoms with Gasteiger partial charge in [-0.3, -0.25) is 4.98 Å². The molecule has 3 heterocycles. The van der Waals surface area contributed by atoms with E-state index in [9.17, 15) is 0 Å². The van der Waals surface area contributed by atoms with Crippen LogP contribution < -0.4 is 15.8 Å². The van der Waals surface area contributed by atoms with Crippen molar-refractivity contribution in [2.24, 2.45) is 5.92 Å². The molecule has 2 aliphatic rings. The van der Waals surface area contributed by atoms with E-state index in [1.165, 1.54) is 12.8 Å². The number of rotatable bonds is 4. The summed E-state index contributed by atoms with van der Waals surface area (Å²) in [7, 11) is 0. The van der Waals surface area contributed by atoms with Crippen LogP contribution >= 0.6 is 0 Å². The lowest BCUT2D eigenvalue weighted by molar-refractivity contribution is 0.316. The molecular weight excluding hydrogens is 364 g/mol. The van der Waals surface area contributed by atoms with E-state index in [-0.39, 0.29) is 0 Å². The Morgan fingerprint density at radius 1 is 1.10 bits per heavy atom. The Labute approximate surface area is 167 Å². The Balaban J connectivity index is 1.49. The maximum Gasteiger partial charge on any atom is 0.147 e. The number of hydrogen-bond acceptors (Lipinski definition) is 6. The van der Waals surface area contributed by atoms with E-state index in [4.69, 9.17) is 15.5 Å². The number of fused-ring (bicyclic) bond motifs is 1. The zero-order valence-electron chi connectivity index (χ0n) is 16.1. The number of nitrogens with zero attached hydrogens (tertiary/aromatic N) is 4. The van der Waals surface area contributed by atoms with Crippen LogP contribution in [-0.4, -0.2) is 32.7 Å². The highest BCUT2D eigenvalue weighted by molar-refractivity contribution is 5.90. The summed E-state index contributed by atoms with van der Waals surface area (Å²) in [4.78, 5) is 13.8. The number of nitrogens with one attached hydrogen (secondary N) is 1. The number of aromatic nitrogens is 4. The quantitative estimate of drug-likeness (QED) is 0.554. The molecule has 6 rings (SSSR count). The maximum atomic E-state index is 6.08. The molecule has 0 amide bonds. The van der Waals surface area contributed by atoms with Gasteiger partial charge in [0, 0.05) is 30.4 Å². The van der Waals surface area contributed by atoms with Gasteiger partial charge in [-0.2, -0.15) is 0 Å². The van der Waals surface area contributed by atoms with Crippen LogP contribution in [0, 0.1) is 5.92 Å². The van der Waals surface area contributed by atoms with Crippen molar-refractivity contribution in [1.82, 2.24) is 19.5 Å². The Morgan fingerprint density at radius 2 is 2.03 bits per heavy atom. The van der Waals surface area contributed by atoms with E-state index in [0.717, 1.165) is 70.3 Å². The van der Waals surface area contributed by atoms with Crippen molar-refractivity contribution < 1.29 is 4.74 Å². The molecule has 0 atom stereocenters. The molecule has 0 radical (unpaired) electrons. The van der Waals surface area contributed by atoms with E-state index in [1.807, 2.05) is 18.2 Å². The molecule has 2 aromatic carbocycles. The van der Waals surface area contributed by atoms with Gasteiger partial charge < -0.3 is 20.4 Å². The number of benzene rings is 2. The molecule has 1 fully saturated rings. The number of nitrogen functional groups attached to an aromatic ring is 1. The van der Waals surface area contributed by atoms with Gasteiger partial charge in [-0.25, -0.2) is 9.97 Å². The lowest BCUT2D eigenvalue weighted by atomic mass is 10.2. The van der Waals surface area contributed by atoms with Gasteiger partial charge in [-0.05, 0) is 49.4 Å². The summed E-state index contributed by atoms with van der Waals surface area (Å²) in [6, 6.07) is 10.3. The molecule has 4 aromatic rings.